The van der Waals surface area contributed by atoms with Crippen LogP contribution < -0.4 is 0 Å². The van der Waals surface area contributed by atoms with E-state index >= 15 is 0 Å². The van der Waals surface area contributed by atoms with Crippen LogP contribution in [0.25, 0.3) is 0 Å². The normalized spacial score (nSPS) is 19.3. The highest BCUT2D eigenvalue weighted by Gasteiger charge is 2.26. The zero-order valence-electron chi connectivity index (χ0n) is 12.5. The fourth-order valence-electron chi connectivity index (χ4n) is 2.95. The van der Waals surface area contributed by atoms with Crippen molar-refractivity contribution in [3.8, 4) is 0 Å². The number of nitrogens with zero attached hydrogens (tertiary/aromatic N) is 2. The van der Waals surface area contributed by atoms with Crippen LogP contribution in [0.5, 0.6) is 0 Å². The van der Waals surface area contributed by atoms with Gasteiger partial charge in [-0.05, 0) is 50.6 Å². The summed E-state index contributed by atoms with van der Waals surface area (Å²) in [6.45, 7) is 7.24. The van der Waals surface area contributed by atoms with Gasteiger partial charge in [0.1, 0.15) is 0 Å². The number of aryl methyl sites for hydroxylation is 1. The largest absolute Gasteiger partial charge is 0.340 e. The summed E-state index contributed by atoms with van der Waals surface area (Å²) < 4.78 is 0.955. The van der Waals surface area contributed by atoms with Gasteiger partial charge in [0.15, 0.2) is 0 Å². The first-order valence-corrected chi connectivity index (χ1v) is 8.08. The van der Waals surface area contributed by atoms with Crippen molar-refractivity contribution in [2.24, 2.45) is 0 Å². The van der Waals surface area contributed by atoms with Gasteiger partial charge in [0, 0.05) is 29.7 Å². The van der Waals surface area contributed by atoms with Crippen LogP contribution in [-0.2, 0) is 0 Å². The SMILES string of the molecule is CCN1CCCC1CN(C)C(=O)c1cc(Br)ccc1C. The second kappa shape index (κ2) is 6.72. The van der Waals surface area contributed by atoms with Crippen LogP contribution in [0.4, 0.5) is 0 Å². The standard InChI is InChI=1S/C16H23BrN2O/c1-4-19-9-5-6-14(19)11-18(3)16(20)15-10-13(17)8-7-12(15)2/h7-8,10,14H,4-6,9,11H2,1-3H3. The van der Waals surface area contributed by atoms with Gasteiger partial charge in [-0.3, -0.25) is 9.69 Å². The van der Waals surface area contributed by atoms with E-state index in [0.717, 1.165) is 28.7 Å². The quantitative estimate of drug-likeness (QED) is 0.840. The predicted octanol–water partition coefficient (Wildman–Crippen LogP) is 3.31. The van der Waals surface area contributed by atoms with Gasteiger partial charge >= 0.3 is 0 Å². The molecule has 1 unspecified atom stereocenters. The number of hydrogen-bond donors (Lipinski definition) is 0. The summed E-state index contributed by atoms with van der Waals surface area (Å²) in [6, 6.07) is 6.39. The average Bonchev–Trinajstić information content (AvgIpc) is 2.87. The summed E-state index contributed by atoms with van der Waals surface area (Å²) >= 11 is 3.44. The molecule has 1 aromatic carbocycles. The Kier molecular flexibility index (Phi) is 5.22. The molecule has 1 aromatic rings. The number of halogens is 1. The predicted molar refractivity (Wildman–Crippen MR) is 86.1 cm³/mol. The minimum absolute atomic E-state index is 0.117. The molecule has 3 nitrogen and oxygen atoms in total. The van der Waals surface area contributed by atoms with Gasteiger partial charge in [0.25, 0.3) is 5.91 Å². The van der Waals surface area contributed by atoms with Gasteiger partial charge in [-0.1, -0.05) is 28.9 Å². The molecule has 1 fully saturated rings. The van der Waals surface area contributed by atoms with E-state index in [1.165, 1.54) is 19.4 Å². The molecule has 1 atom stereocenters. The van der Waals surface area contributed by atoms with Crippen LogP contribution in [0.3, 0.4) is 0 Å². The number of amides is 1. The maximum Gasteiger partial charge on any atom is 0.253 e. The van der Waals surface area contributed by atoms with Crippen LogP contribution >= 0.6 is 15.9 Å². The molecule has 1 aliphatic rings. The fourth-order valence-corrected chi connectivity index (χ4v) is 3.31. The Hall–Kier alpha value is -0.870. The average molecular weight is 339 g/mol. The van der Waals surface area contributed by atoms with E-state index < -0.39 is 0 Å². The third-order valence-corrected chi connectivity index (χ3v) is 4.66. The molecule has 0 aliphatic carbocycles. The molecule has 0 spiro atoms. The van der Waals surface area contributed by atoms with Crippen molar-refractivity contribution < 1.29 is 4.79 Å². The van der Waals surface area contributed by atoms with Gasteiger partial charge < -0.3 is 4.90 Å². The summed E-state index contributed by atoms with van der Waals surface area (Å²) in [7, 11) is 1.91. The highest BCUT2D eigenvalue weighted by molar-refractivity contribution is 9.10. The molecule has 4 heteroatoms. The molecule has 1 amide bonds. The van der Waals surface area contributed by atoms with Crippen molar-refractivity contribution in [3.63, 3.8) is 0 Å². The van der Waals surface area contributed by atoms with Crippen LogP contribution in [0.2, 0.25) is 0 Å². The van der Waals surface area contributed by atoms with E-state index in [2.05, 4.69) is 27.8 Å². The Morgan fingerprint density at radius 2 is 2.25 bits per heavy atom. The molecule has 0 radical (unpaired) electrons. The first-order chi connectivity index (χ1) is 9.52. The molecular formula is C16H23BrN2O. The maximum absolute atomic E-state index is 12.6. The summed E-state index contributed by atoms with van der Waals surface area (Å²) in [4.78, 5) is 16.9. The van der Waals surface area contributed by atoms with E-state index in [1.54, 1.807) is 0 Å². The molecular weight excluding hydrogens is 316 g/mol. The van der Waals surface area contributed by atoms with Crippen molar-refractivity contribution in [1.29, 1.82) is 0 Å². The molecule has 0 aromatic heterocycles. The van der Waals surface area contributed by atoms with E-state index in [9.17, 15) is 4.79 Å². The van der Waals surface area contributed by atoms with E-state index in [4.69, 9.17) is 0 Å². The highest BCUT2D eigenvalue weighted by atomic mass is 79.9. The zero-order chi connectivity index (χ0) is 14.7. The van der Waals surface area contributed by atoms with Crippen LogP contribution in [0.1, 0.15) is 35.7 Å². The van der Waals surface area contributed by atoms with Gasteiger partial charge in [-0.2, -0.15) is 0 Å². The Balaban J connectivity index is 2.07. The van der Waals surface area contributed by atoms with Crippen LogP contribution in [-0.4, -0.2) is 48.4 Å². The third-order valence-electron chi connectivity index (χ3n) is 4.17. The van der Waals surface area contributed by atoms with E-state index in [-0.39, 0.29) is 5.91 Å². The smallest absolute Gasteiger partial charge is 0.253 e. The van der Waals surface area contributed by atoms with Crippen molar-refractivity contribution in [2.45, 2.75) is 32.7 Å². The summed E-state index contributed by atoms with van der Waals surface area (Å²) in [6.07, 6.45) is 2.44. The number of carbonyl (C=O) groups is 1. The topological polar surface area (TPSA) is 23.6 Å². The van der Waals surface area contributed by atoms with Gasteiger partial charge in [-0.15, -0.1) is 0 Å². The monoisotopic (exact) mass is 338 g/mol. The lowest BCUT2D eigenvalue weighted by Crippen LogP contribution is -2.41. The van der Waals surface area contributed by atoms with Crippen molar-refractivity contribution >= 4 is 21.8 Å². The number of likely N-dealkylation sites (N-methyl/N-ethyl adjacent to an activating group) is 2. The van der Waals surface area contributed by atoms with Crippen molar-refractivity contribution in [1.82, 2.24) is 9.80 Å². The number of rotatable bonds is 4. The lowest BCUT2D eigenvalue weighted by atomic mass is 10.1. The minimum Gasteiger partial charge on any atom is -0.340 e. The molecule has 1 heterocycles. The molecule has 0 N–H and O–H groups in total. The van der Waals surface area contributed by atoms with Crippen molar-refractivity contribution in [2.75, 3.05) is 26.7 Å². The summed E-state index contributed by atoms with van der Waals surface area (Å²) in [5.74, 6) is 0.117. The lowest BCUT2D eigenvalue weighted by molar-refractivity contribution is 0.0754. The minimum atomic E-state index is 0.117. The molecule has 0 saturated carbocycles. The Morgan fingerprint density at radius 1 is 1.50 bits per heavy atom. The lowest BCUT2D eigenvalue weighted by Gasteiger charge is -2.28. The molecule has 1 aliphatic heterocycles. The molecule has 0 bridgehead atoms. The third kappa shape index (κ3) is 3.41. The second-order valence-corrected chi connectivity index (χ2v) is 6.49. The molecule has 110 valence electrons. The zero-order valence-corrected chi connectivity index (χ0v) is 14.1. The Bertz CT molecular complexity index is 489. The van der Waals surface area contributed by atoms with Crippen LogP contribution in [0.15, 0.2) is 22.7 Å². The Morgan fingerprint density at radius 3 is 2.95 bits per heavy atom. The molecule has 2 rings (SSSR count). The highest BCUT2D eigenvalue weighted by Crippen LogP contribution is 2.20. The van der Waals surface area contributed by atoms with E-state index in [0.29, 0.717) is 6.04 Å². The fraction of sp³-hybridized carbons (Fsp3) is 0.562. The maximum atomic E-state index is 12.6. The first-order valence-electron chi connectivity index (χ1n) is 7.28. The molecule has 20 heavy (non-hydrogen) atoms. The molecule has 1 saturated heterocycles. The van der Waals surface area contributed by atoms with Gasteiger partial charge in [-0.25, -0.2) is 0 Å². The van der Waals surface area contributed by atoms with Crippen LogP contribution in [0, 0.1) is 6.92 Å². The van der Waals surface area contributed by atoms with E-state index in [1.807, 2.05) is 37.1 Å². The Labute approximate surface area is 130 Å². The van der Waals surface area contributed by atoms with Gasteiger partial charge in [0.2, 0.25) is 0 Å². The number of hydrogen-bond acceptors (Lipinski definition) is 2. The van der Waals surface area contributed by atoms with Gasteiger partial charge in [0.05, 0.1) is 0 Å². The summed E-state index contributed by atoms with van der Waals surface area (Å²) in [5, 5.41) is 0. The number of carbonyl (C=O) groups excluding carboxylic acids is 1. The number of benzene rings is 1. The summed E-state index contributed by atoms with van der Waals surface area (Å²) in [5.41, 5.74) is 1.83. The number of likely N-dealkylation sites (tertiary alicyclic amines) is 1. The first kappa shape index (κ1) is 15.5. The van der Waals surface area contributed by atoms with Crippen molar-refractivity contribution in [3.05, 3.63) is 33.8 Å². The second-order valence-electron chi connectivity index (χ2n) is 5.57.